The Bertz CT molecular complexity index is 941. The first-order chi connectivity index (χ1) is 12.2. The predicted octanol–water partition coefficient (Wildman–Crippen LogP) is 3.96. The topological polar surface area (TPSA) is 40.5 Å². The zero-order valence-electron chi connectivity index (χ0n) is 14.3. The van der Waals surface area contributed by atoms with Crippen molar-refractivity contribution in [1.82, 2.24) is 4.57 Å². The molecule has 2 aromatic carbocycles. The predicted molar refractivity (Wildman–Crippen MR) is 96.6 cm³/mol. The minimum absolute atomic E-state index is 0.0389. The van der Waals surface area contributed by atoms with Gasteiger partial charge in [0.1, 0.15) is 0 Å². The Morgan fingerprint density at radius 1 is 1.00 bits per heavy atom. The molecule has 25 heavy (non-hydrogen) atoms. The van der Waals surface area contributed by atoms with Crippen LogP contribution in [0.25, 0.3) is 11.3 Å². The van der Waals surface area contributed by atoms with Crippen molar-refractivity contribution in [3.63, 3.8) is 0 Å². The van der Waals surface area contributed by atoms with E-state index in [2.05, 4.69) is 4.57 Å². The number of ether oxygens (including phenoxy) is 2. The van der Waals surface area contributed by atoms with Gasteiger partial charge in [0.15, 0.2) is 17.3 Å². The number of methoxy groups -OCH3 is 2. The van der Waals surface area contributed by atoms with E-state index in [0.29, 0.717) is 11.3 Å². The van der Waals surface area contributed by atoms with E-state index in [-0.39, 0.29) is 5.78 Å². The standard InChI is InChI=1S/C21H19NO3/c1-24-18-12-15-8-10-22-11-9-16(20(22)17(15)13-19(18)25-2)21(23)14-6-4-3-5-7-14/h3-7,9,11-13H,8,10H2,1-2H3. The third-order valence-electron chi connectivity index (χ3n) is 4.73. The van der Waals surface area contributed by atoms with Crippen LogP contribution in [0.1, 0.15) is 21.5 Å². The first-order valence-electron chi connectivity index (χ1n) is 8.27. The van der Waals surface area contributed by atoms with Crippen molar-refractivity contribution in [3.05, 3.63) is 71.4 Å². The maximum atomic E-state index is 13.0. The van der Waals surface area contributed by atoms with Crippen LogP contribution < -0.4 is 9.47 Å². The third-order valence-corrected chi connectivity index (χ3v) is 4.73. The van der Waals surface area contributed by atoms with Crippen molar-refractivity contribution >= 4 is 5.78 Å². The van der Waals surface area contributed by atoms with Gasteiger partial charge in [0.2, 0.25) is 0 Å². The molecule has 0 aliphatic carbocycles. The van der Waals surface area contributed by atoms with E-state index < -0.39 is 0 Å². The van der Waals surface area contributed by atoms with Gasteiger partial charge in [0.05, 0.1) is 19.9 Å². The SMILES string of the molecule is COc1cc2c(cc1OC)-c1c(C(=O)c3ccccc3)ccn1CC2. The molecule has 1 aliphatic rings. The Hall–Kier alpha value is -3.01. The summed E-state index contributed by atoms with van der Waals surface area (Å²) in [4.78, 5) is 13.0. The van der Waals surface area contributed by atoms with E-state index >= 15 is 0 Å². The normalized spacial score (nSPS) is 12.2. The number of fused-ring (bicyclic) bond motifs is 3. The number of rotatable bonds is 4. The second-order valence-corrected chi connectivity index (χ2v) is 6.08. The van der Waals surface area contributed by atoms with E-state index in [4.69, 9.17) is 9.47 Å². The van der Waals surface area contributed by atoms with Crippen LogP contribution in [-0.4, -0.2) is 24.6 Å². The number of benzene rings is 2. The Morgan fingerprint density at radius 3 is 2.44 bits per heavy atom. The van der Waals surface area contributed by atoms with Crippen molar-refractivity contribution in [1.29, 1.82) is 0 Å². The summed E-state index contributed by atoms with van der Waals surface area (Å²) in [5, 5.41) is 0. The van der Waals surface area contributed by atoms with Gasteiger partial charge in [-0.05, 0) is 30.2 Å². The largest absolute Gasteiger partial charge is 0.493 e. The van der Waals surface area contributed by atoms with Crippen LogP contribution in [0.3, 0.4) is 0 Å². The van der Waals surface area contributed by atoms with Gasteiger partial charge in [-0.25, -0.2) is 0 Å². The van der Waals surface area contributed by atoms with E-state index in [9.17, 15) is 4.79 Å². The van der Waals surface area contributed by atoms with Crippen molar-refractivity contribution in [2.75, 3.05) is 14.2 Å². The average molecular weight is 333 g/mol. The Kier molecular flexibility index (Phi) is 3.80. The Balaban J connectivity index is 1.87. The summed E-state index contributed by atoms with van der Waals surface area (Å²) >= 11 is 0. The number of nitrogens with zero attached hydrogens (tertiary/aromatic N) is 1. The summed E-state index contributed by atoms with van der Waals surface area (Å²) in [5.74, 6) is 1.43. The summed E-state index contributed by atoms with van der Waals surface area (Å²) < 4.78 is 13.0. The van der Waals surface area contributed by atoms with Crippen LogP contribution in [-0.2, 0) is 13.0 Å². The molecule has 0 bridgehead atoms. The quantitative estimate of drug-likeness (QED) is 0.679. The molecule has 0 unspecified atom stereocenters. The number of hydrogen-bond donors (Lipinski definition) is 0. The summed E-state index contributed by atoms with van der Waals surface area (Å²) in [5.41, 5.74) is 4.58. The lowest BCUT2D eigenvalue weighted by molar-refractivity contribution is 0.103. The van der Waals surface area contributed by atoms with Crippen LogP contribution in [0.4, 0.5) is 0 Å². The zero-order chi connectivity index (χ0) is 17.4. The smallest absolute Gasteiger partial charge is 0.195 e. The number of carbonyl (C=O) groups is 1. The highest BCUT2D eigenvalue weighted by molar-refractivity contribution is 6.12. The van der Waals surface area contributed by atoms with Gasteiger partial charge in [0, 0.05) is 29.4 Å². The molecule has 4 heteroatoms. The molecule has 1 aromatic heterocycles. The summed E-state index contributed by atoms with van der Waals surface area (Å²) in [6.45, 7) is 0.847. The first-order valence-corrected chi connectivity index (χ1v) is 8.27. The van der Waals surface area contributed by atoms with Crippen molar-refractivity contribution in [2.45, 2.75) is 13.0 Å². The molecule has 2 heterocycles. The van der Waals surface area contributed by atoms with E-state index in [0.717, 1.165) is 35.5 Å². The minimum atomic E-state index is 0.0389. The molecule has 0 radical (unpaired) electrons. The number of ketones is 1. The molecular weight excluding hydrogens is 314 g/mol. The third kappa shape index (κ3) is 2.50. The molecular formula is C21H19NO3. The molecule has 1 aliphatic heterocycles. The van der Waals surface area contributed by atoms with Gasteiger partial charge in [-0.2, -0.15) is 0 Å². The molecule has 126 valence electrons. The van der Waals surface area contributed by atoms with Crippen LogP contribution in [0.15, 0.2) is 54.7 Å². The summed E-state index contributed by atoms with van der Waals surface area (Å²) in [7, 11) is 3.27. The second-order valence-electron chi connectivity index (χ2n) is 6.08. The highest BCUT2D eigenvalue weighted by atomic mass is 16.5. The van der Waals surface area contributed by atoms with Gasteiger partial charge in [-0.1, -0.05) is 30.3 Å². The van der Waals surface area contributed by atoms with Crippen LogP contribution in [0.5, 0.6) is 11.5 Å². The molecule has 0 saturated heterocycles. The van der Waals surface area contributed by atoms with Gasteiger partial charge >= 0.3 is 0 Å². The molecule has 4 rings (SSSR count). The average Bonchev–Trinajstić information content (AvgIpc) is 3.11. The molecule has 0 fully saturated rings. The Morgan fingerprint density at radius 2 is 1.72 bits per heavy atom. The maximum Gasteiger partial charge on any atom is 0.195 e. The van der Waals surface area contributed by atoms with Gasteiger partial charge in [0.25, 0.3) is 0 Å². The van der Waals surface area contributed by atoms with Crippen LogP contribution in [0, 0.1) is 0 Å². The molecule has 0 atom stereocenters. The molecule has 0 saturated carbocycles. The first kappa shape index (κ1) is 15.5. The summed E-state index contributed by atoms with van der Waals surface area (Å²) in [6, 6.07) is 15.3. The molecule has 0 spiro atoms. The van der Waals surface area contributed by atoms with Crippen LogP contribution >= 0.6 is 0 Å². The molecule has 4 nitrogen and oxygen atoms in total. The molecule has 0 amide bonds. The fourth-order valence-corrected chi connectivity index (χ4v) is 3.48. The molecule has 3 aromatic rings. The van der Waals surface area contributed by atoms with Crippen molar-refractivity contribution in [3.8, 4) is 22.8 Å². The maximum absolute atomic E-state index is 13.0. The highest BCUT2D eigenvalue weighted by Gasteiger charge is 2.25. The van der Waals surface area contributed by atoms with Crippen molar-refractivity contribution < 1.29 is 14.3 Å². The fraction of sp³-hybridized carbons (Fsp3) is 0.190. The lowest BCUT2D eigenvalue weighted by Gasteiger charge is -2.22. The minimum Gasteiger partial charge on any atom is -0.493 e. The highest BCUT2D eigenvalue weighted by Crippen LogP contribution is 2.40. The van der Waals surface area contributed by atoms with Gasteiger partial charge < -0.3 is 14.0 Å². The number of aryl methyl sites for hydroxylation is 2. The fourth-order valence-electron chi connectivity index (χ4n) is 3.48. The number of aromatic nitrogens is 1. The van der Waals surface area contributed by atoms with Gasteiger partial charge in [-0.15, -0.1) is 0 Å². The molecule has 0 N–H and O–H groups in total. The number of carbonyl (C=O) groups excluding carboxylic acids is 1. The summed E-state index contributed by atoms with van der Waals surface area (Å²) in [6.07, 6.45) is 2.89. The van der Waals surface area contributed by atoms with E-state index in [1.165, 1.54) is 5.56 Å². The van der Waals surface area contributed by atoms with E-state index in [1.54, 1.807) is 14.2 Å². The lowest BCUT2D eigenvalue weighted by Crippen LogP contribution is -2.13. The van der Waals surface area contributed by atoms with Gasteiger partial charge in [-0.3, -0.25) is 4.79 Å². The second kappa shape index (κ2) is 6.13. The lowest BCUT2D eigenvalue weighted by atomic mass is 9.93. The number of hydrogen-bond acceptors (Lipinski definition) is 3. The van der Waals surface area contributed by atoms with Crippen LogP contribution in [0.2, 0.25) is 0 Å². The van der Waals surface area contributed by atoms with Crippen molar-refractivity contribution in [2.24, 2.45) is 0 Å². The van der Waals surface area contributed by atoms with E-state index in [1.807, 2.05) is 54.7 Å². The monoisotopic (exact) mass is 333 g/mol. The zero-order valence-corrected chi connectivity index (χ0v) is 14.3. The Labute approximate surface area is 146 Å².